The standard InChI is InChI=1S/C13H20N2OS/c1-3-15(4-2)9-12(16)10-5-7-11(8-6-10)13(14)17/h5-8,12,16H,3-4,9H2,1-2H3,(H2,14,17). The Morgan fingerprint density at radius 1 is 1.29 bits per heavy atom. The Labute approximate surface area is 108 Å². The van der Waals surface area contributed by atoms with Crippen molar-refractivity contribution in [3.8, 4) is 0 Å². The van der Waals surface area contributed by atoms with Crippen molar-refractivity contribution in [1.82, 2.24) is 4.90 Å². The summed E-state index contributed by atoms with van der Waals surface area (Å²) in [5.74, 6) is 0. The summed E-state index contributed by atoms with van der Waals surface area (Å²) in [5, 5.41) is 10.1. The largest absolute Gasteiger partial charge is 0.389 e. The molecule has 17 heavy (non-hydrogen) atoms. The van der Waals surface area contributed by atoms with Crippen molar-refractivity contribution in [2.24, 2.45) is 5.73 Å². The van der Waals surface area contributed by atoms with Gasteiger partial charge >= 0.3 is 0 Å². The van der Waals surface area contributed by atoms with Crippen molar-refractivity contribution in [2.75, 3.05) is 19.6 Å². The fourth-order valence-electron chi connectivity index (χ4n) is 1.70. The molecule has 0 saturated carbocycles. The number of aliphatic hydroxyl groups excluding tert-OH is 1. The van der Waals surface area contributed by atoms with E-state index in [2.05, 4.69) is 18.7 Å². The molecule has 1 atom stereocenters. The van der Waals surface area contributed by atoms with Crippen LogP contribution in [0.15, 0.2) is 24.3 Å². The van der Waals surface area contributed by atoms with Gasteiger partial charge in [-0.2, -0.15) is 0 Å². The van der Waals surface area contributed by atoms with Crippen LogP contribution in [0.25, 0.3) is 0 Å². The molecule has 3 N–H and O–H groups in total. The van der Waals surface area contributed by atoms with E-state index >= 15 is 0 Å². The van der Waals surface area contributed by atoms with Crippen molar-refractivity contribution in [2.45, 2.75) is 20.0 Å². The van der Waals surface area contributed by atoms with Crippen LogP contribution in [0.2, 0.25) is 0 Å². The summed E-state index contributed by atoms with van der Waals surface area (Å²) in [6.07, 6.45) is -0.463. The van der Waals surface area contributed by atoms with Crippen LogP contribution in [0.1, 0.15) is 31.1 Å². The van der Waals surface area contributed by atoms with E-state index in [1.807, 2.05) is 24.3 Å². The first-order valence-electron chi connectivity index (χ1n) is 5.88. The Morgan fingerprint density at radius 2 is 1.82 bits per heavy atom. The minimum atomic E-state index is -0.463. The molecule has 0 aliphatic rings. The maximum Gasteiger partial charge on any atom is 0.103 e. The summed E-state index contributed by atoms with van der Waals surface area (Å²) >= 11 is 4.89. The van der Waals surface area contributed by atoms with Crippen LogP contribution >= 0.6 is 12.2 Å². The molecule has 0 fully saturated rings. The number of thiocarbonyl (C=S) groups is 1. The third kappa shape index (κ3) is 4.07. The molecule has 4 heteroatoms. The lowest BCUT2D eigenvalue weighted by atomic mass is 10.1. The average Bonchev–Trinajstić information content (AvgIpc) is 2.35. The molecule has 0 saturated heterocycles. The molecule has 3 nitrogen and oxygen atoms in total. The smallest absolute Gasteiger partial charge is 0.103 e. The van der Waals surface area contributed by atoms with Gasteiger partial charge in [-0.3, -0.25) is 0 Å². The van der Waals surface area contributed by atoms with Gasteiger partial charge in [-0.05, 0) is 18.7 Å². The molecule has 1 rings (SSSR count). The number of nitrogens with two attached hydrogens (primary N) is 1. The van der Waals surface area contributed by atoms with Gasteiger partial charge in [0.05, 0.1) is 6.10 Å². The molecule has 0 aliphatic carbocycles. The molecule has 0 radical (unpaired) electrons. The van der Waals surface area contributed by atoms with Gasteiger partial charge in [0.15, 0.2) is 0 Å². The van der Waals surface area contributed by atoms with Crippen molar-refractivity contribution in [3.05, 3.63) is 35.4 Å². The third-order valence-electron chi connectivity index (χ3n) is 2.91. The second kappa shape index (κ2) is 6.69. The lowest BCUT2D eigenvalue weighted by molar-refractivity contribution is 0.119. The molecule has 0 amide bonds. The molecule has 0 aliphatic heterocycles. The van der Waals surface area contributed by atoms with Gasteiger partial charge in [0.25, 0.3) is 0 Å². The van der Waals surface area contributed by atoms with E-state index < -0.39 is 6.10 Å². The number of likely N-dealkylation sites (N-methyl/N-ethyl adjacent to an activating group) is 1. The van der Waals surface area contributed by atoms with Gasteiger partial charge in [-0.15, -0.1) is 0 Å². The van der Waals surface area contributed by atoms with Crippen LogP contribution in [0, 0.1) is 0 Å². The molecule has 0 heterocycles. The SMILES string of the molecule is CCN(CC)CC(O)c1ccc(C(N)=S)cc1. The van der Waals surface area contributed by atoms with E-state index in [9.17, 15) is 5.11 Å². The normalized spacial score (nSPS) is 12.7. The van der Waals surface area contributed by atoms with E-state index in [1.54, 1.807) is 0 Å². The van der Waals surface area contributed by atoms with Crippen molar-refractivity contribution < 1.29 is 5.11 Å². The zero-order valence-electron chi connectivity index (χ0n) is 10.4. The highest BCUT2D eigenvalue weighted by atomic mass is 32.1. The second-order valence-electron chi connectivity index (χ2n) is 3.99. The van der Waals surface area contributed by atoms with E-state index in [4.69, 9.17) is 18.0 Å². The highest BCUT2D eigenvalue weighted by Crippen LogP contribution is 2.15. The first-order chi connectivity index (χ1) is 8.08. The Balaban J connectivity index is 2.69. The Kier molecular flexibility index (Phi) is 5.55. The molecule has 94 valence electrons. The minimum Gasteiger partial charge on any atom is -0.389 e. The lowest BCUT2D eigenvalue weighted by Crippen LogP contribution is -2.28. The van der Waals surface area contributed by atoms with Crippen LogP contribution in [0.3, 0.4) is 0 Å². The zero-order chi connectivity index (χ0) is 12.8. The summed E-state index contributed by atoms with van der Waals surface area (Å²) < 4.78 is 0. The predicted octanol–water partition coefficient (Wildman–Crippen LogP) is 1.70. The van der Waals surface area contributed by atoms with Crippen LogP contribution < -0.4 is 5.73 Å². The number of hydrogen-bond donors (Lipinski definition) is 2. The number of aliphatic hydroxyl groups is 1. The molecule has 1 aromatic carbocycles. The topological polar surface area (TPSA) is 49.5 Å². The molecular formula is C13H20N2OS. The molecule has 0 bridgehead atoms. The van der Waals surface area contributed by atoms with Gasteiger partial charge in [-0.25, -0.2) is 0 Å². The Morgan fingerprint density at radius 3 is 2.24 bits per heavy atom. The number of benzene rings is 1. The Bertz CT molecular complexity index is 360. The summed E-state index contributed by atoms with van der Waals surface area (Å²) in [6.45, 7) is 6.72. The summed E-state index contributed by atoms with van der Waals surface area (Å²) in [6, 6.07) is 7.46. The summed E-state index contributed by atoms with van der Waals surface area (Å²) in [5.41, 5.74) is 7.26. The first-order valence-corrected chi connectivity index (χ1v) is 6.29. The molecule has 1 aromatic rings. The highest BCUT2D eigenvalue weighted by Gasteiger charge is 2.11. The quantitative estimate of drug-likeness (QED) is 0.757. The van der Waals surface area contributed by atoms with Crippen molar-refractivity contribution in [3.63, 3.8) is 0 Å². The highest BCUT2D eigenvalue weighted by molar-refractivity contribution is 7.80. The molecule has 0 spiro atoms. The first kappa shape index (κ1) is 14.1. The van der Waals surface area contributed by atoms with Gasteiger partial charge < -0.3 is 15.7 Å². The number of nitrogens with zero attached hydrogens (tertiary/aromatic N) is 1. The second-order valence-corrected chi connectivity index (χ2v) is 4.43. The van der Waals surface area contributed by atoms with Gasteiger partial charge in [0, 0.05) is 12.1 Å². The van der Waals surface area contributed by atoms with Crippen molar-refractivity contribution in [1.29, 1.82) is 0 Å². The summed E-state index contributed by atoms with van der Waals surface area (Å²) in [4.78, 5) is 2.57. The van der Waals surface area contributed by atoms with E-state index in [1.165, 1.54) is 0 Å². The fraction of sp³-hybridized carbons (Fsp3) is 0.462. The maximum absolute atomic E-state index is 10.1. The zero-order valence-corrected chi connectivity index (χ0v) is 11.2. The van der Waals surface area contributed by atoms with E-state index in [0.717, 1.165) is 24.2 Å². The summed E-state index contributed by atoms with van der Waals surface area (Å²) in [7, 11) is 0. The average molecular weight is 252 g/mol. The monoisotopic (exact) mass is 252 g/mol. The number of rotatable bonds is 6. The fourth-order valence-corrected chi connectivity index (χ4v) is 1.84. The van der Waals surface area contributed by atoms with Crippen molar-refractivity contribution >= 4 is 17.2 Å². The lowest BCUT2D eigenvalue weighted by Gasteiger charge is -2.22. The van der Waals surface area contributed by atoms with Gasteiger partial charge in [0.2, 0.25) is 0 Å². The molecule has 0 aromatic heterocycles. The minimum absolute atomic E-state index is 0.384. The van der Waals surface area contributed by atoms with Crippen LogP contribution in [0.4, 0.5) is 0 Å². The van der Waals surface area contributed by atoms with Crippen LogP contribution in [0.5, 0.6) is 0 Å². The van der Waals surface area contributed by atoms with E-state index in [0.29, 0.717) is 11.5 Å². The van der Waals surface area contributed by atoms with Crippen LogP contribution in [-0.2, 0) is 0 Å². The maximum atomic E-state index is 10.1. The molecule has 1 unspecified atom stereocenters. The third-order valence-corrected chi connectivity index (χ3v) is 3.14. The van der Waals surface area contributed by atoms with Gasteiger partial charge in [0.1, 0.15) is 4.99 Å². The number of hydrogen-bond acceptors (Lipinski definition) is 3. The molecular weight excluding hydrogens is 232 g/mol. The van der Waals surface area contributed by atoms with Crippen LogP contribution in [-0.4, -0.2) is 34.6 Å². The predicted molar refractivity (Wildman–Crippen MR) is 75.1 cm³/mol. The van der Waals surface area contributed by atoms with Gasteiger partial charge in [-0.1, -0.05) is 50.3 Å². The van der Waals surface area contributed by atoms with E-state index in [-0.39, 0.29) is 0 Å². The Hall–Kier alpha value is -0.970.